The average Bonchev–Trinajstić information content (AvgIpc) is 2.84. The number of amides is 2. The molecule has 2 aliphatic rings. The average molecular weight is 229 g/mol. The second-order valence-corrected chi connectivity index (χ2v) is 4.46. The van der Waals surface area contributed by atoms with Crippen molar-refractivity contribution in [3.8, 4) is 0 Å². The summed E-state index contributed by atoms with van der Waals surface area (Å²) in [4.78, 5) is 36.7. The van der Waals surface area contributed by atoms with Gasteiger partial charge in [-0.25, -0.2) is 0 Å². The molecule has 0 aromatic heterocycles. The monoisotopic (exact) mass is 229 g/mol. The van der Waals surface area contributed by atoms with E-state index in [1.54, 1.807) is 24.3 Å². The Kier molecular flexibility index (Phi) is 2.11. The van der Waals surface area contributed by atoms with Crippen LogP contribution >= 0.6 is 0 Å². The zero-order valence-electron chi connectivity index (χ0n) is 9.18. The molecular formula is C13H11NO3. The van der Waals surface area contributed by atoms with Crippen LogP contribution in [0.3, 0.4) is 0 Å². The van der Waals surface area contributed by atoms with Gasteiger partial charge in [0.25, 0.3) is 11.8 Å². The number of nitrogens with zero attached hydrogens (tertiary/aromatic N) is 1. The van der Waals surface area contributed by atoms with Gasteiger partial charge in [0.15, 0.2) is 0 Å². The molecule has 1 heterocycles. The largest absolute Gasteiger partial charge is 0.300 e. The van der Waals surface area contributed by atoms with E-state index < -0.39 is 0 Å². The third-order valence-electron chi connectivity index (χ3n) is 3.41. The van der Waals surface area contributed by atoms with Gasteiger partial charge >= 0.3 is 0 Å². The van der Waals surface area contributed by atoms with Crippen LogP contribution in [0, 0.1) is 0 Å². The fraction of sp³-hybridized carbons (Fsp3) is 0.308. The number of Topliss-reactive ketones (excluding diaryl/α,β-unsaturated/α-hetero) is 1. The lowest BCUT2D eigenvalue weighted by atomic mass is 10.1. The lowest BCUT2D eigenvalue weighted by Crippen LogP contribution is -2.38. The van der Waals surface area contributed by atoms with Crippen molar-refractivity contribution < 1.29 is 14.4 Å². The number of imide groups is 1. The zero-order chi connectivity index (χ0) is 12.0. The maximum absolute atomic E-state index is 12.1. The predicted octanol–water partition coefficient (Wildman–Crippen LogP) is 1.40. The molecule has 4 heteroatoms. The summed E-state index contributed by atoms with van der Waals surface area (Å²) in [6.45, 7) is 0. The summed E-state index contributed by atoms with van der Waals surface area (Å²) in [5, 5.41) is 0. The second-order valence-electron chi connectivity index (χ2n) is 4.46. The first-order valence-electron chi connectivity index (χ1n) is 5.67. The van der Waals surface area contributed by atoms with E-state index in [1.165, 1.54) is 4.90 Å². The van der Waals surface area contributed by atoms with Crippen molar-refractivity contribution in [3.63, 3.8) is 0 Å². The van der Waals surface area contributed by atoms with E-state index in [0.29, 0.717) is 30.4 Å². The Morgan fingerprint density at radius 1 is 1.00 bits per heavy atom. The second kappa shape index (κ2) is 3.52. The quantitative estimate of drug-likeness (QED) is 0.684. The molecule has 1 fully saturated rings. The Morgan fingerprint density at radius 2 is 1.59 bits per heavy atom. The van der Waals surface area contributed by atoms with E-state index >= 15 is 0 Å². The molecule has 0 spiro atoms. The molecule has 0 N–H and O–H groups in total. The predicted molar refractivity (Wildman–Crippen MR) is 59.6 cm³/mol. The molecule has 17 heavy (non-hydrogen) atoms. The molecule has 1 saturated carbocycles. The minimum Gasteiger partial charge on any atom is -0.300 e. The highest BCUT2D eigenvalue weighted by Crippen LogP contribution is 2.30. The molecule has 2 amide bonds. The molecule has 0 radical (unpaired) electrons. The molecular weight excluding hydrogens is 218 g/mol. The van der Waals surface area contributed by atoms with Crippen molar-refractivity contribution in [2.24, 2.45) is 0 Å². The van der Waals surface area contributed by atoms with Gasteiger partial charge in [-0.05, 0) is 18.6 Å². The van der Waals surface area contributed by atoms with Gasteiger partial charge in [-0.3, -0.25) is 19.3 Å². The molecule has 86 valence electrons. The van der Waals surface area contributed by atoms with E-state index in [9.17, 15) is 14.4 Å². The van der Waals surface area contributed by atoms with E-state index in [1.807, 2.05) is 0 Å². The SMILES string of the molecule is O=C1CC[C@@H](N2C(=O)c3ccccc3C2=O)C1. The molecule has 0 saturated heterocycles. The molecule has 3 rings (SSSR count). The fourth-order valence-electron chi connectivity index (χ4n) is 2.55. The summed E-state index contributed by atoms with van der Waals surface area (Å²) >= 11 is 0. The first kappa shape index (κ1) is 10.2. The topological polar surface area (TPSA) is 54.5 Å². The van der Waals surface area contributed by atoms with Gasteiger partial charge in [0.2, 0.25) is 0 Å². The maximum Gasteiger partial charge on any atom is 0.261 e. The van der Waals surface area contributed by atoms with Gasteiger partial charge in [-0.1, -0.05) is 12.1 Å². The van der Waals surface area contributed by atoms with Crippen LogP contribution < -0.4 is 0 Å². The van der Waals surface area contributed by atoms with Crippen molar-refractivity contribution in [3.05, 3.63) is 35.4 Å². The Hall–Kier alpha value is -1.97. The molecule has 0 unspecified atom stereocenters. The summed E-state index contributed by atoms with van der Waals surface area (Å²) in [5.74, 6) is -0.387. The molecule has 1 aromatic rings. The normalized spacial score (nSPS) is 23.4. The third-order valence-corrected chi connectivity index (χ3v) is 3.41. The van der Waals surface area contributed by atoms with Crippen LogP contribution in [-0.4, -0.2) is 28.5 Å². The lowest BCUT2D eigenvalue weighted by molar-refractivity contribution is -0.117. The number of hydrogen-bond donors (Lipinski definition) is 0. The zero-order valence-corrected chi connectivity index (χ0v) is 9.18. The van der Waals surface area contributed by atoms with Crippen molar-refractivity contribution in [1.29, 1.82) is 0 Å². The summed E-state index contributed by atoms with van der Waals surface area (Å²) in [6, 6.07) is 6.56. The van der Waals surface area contributed by atoms with Crippen molar-refractivity contribution in [2.45, 2.75) is 25.3 Å². The summed E-state index contributed by atoms with van der Waals surface area (Å²) < 4.78 is 0. The number of ketones is 1. The van der Waals surface area contributed by atoms with Crippen LogP contribution in [-0.2, 0) is 4.79 Å². The number of fused-ring (bicyclic) bond motifs is 1. The smallest absolute Gasteiger partial charge is 0.261 e. The highest BCUT2D eigenvalue weighted by Gasteiger charge is 2.41. The Bertz CT molecular complexity index is 500. The van der Waals surface area contributed by atoms with Gasteiger partial charge in [-0.15, -0.1) is 0 Å². The number of benzene rings is 1. The number of carbonyl (C=O) groups is 3. The fourth-order valence-corrected chi connectivity index (χ4v) is 2.55. The number of hydrogen-bond acceptors (Lipinski definition) is 3. The molecule has 0 bridgehead atoms. The van der Waals surface area contributed by atoms with Crippen LogP contribution in [0.15, 0.2) is 24.3 Å². The van der Waals surface area contributed by atoms with Crippen LogP contribution in [0.25, 0.3) is 0 Å². The van der Waals surface area contributed by atoms with Crippen LogP contribution in [0.5, 0.6) is 0 Å². The van der Waals surface area contributed by atoms with Gasteiger partial charge < -0.3 is 0 Å². The summed E-state index contributed by atoms with van der Waals surface area (Å²) in [7, 11) is 0. The Balaban J connectivity index is 1.98. The van der Waals surface area contributed by atoms with E-state index in [0.717, 1.165) is 0 Å². The first-order valence-corrected chi connectivity index (χ1v) is 5.67. The van der Waals surface area contributed by atoms with Gasteiger partial charge in [-0.2, -0.15) is 0 Å². The molecule has 1 atom stereocenters. The van der Waals surface area contributed by atoms with Crippen molar-refractivity contribution >= 4 is 17.6 Å². The number of rotatable bonds is 1. The minimum atomic E-state index is -0.259. The van der Waals surface area contributed by atoms with E-state index in [-0.39, 0.29) is 23.6 Å². The van der Waals surface area contributed by atoms with Gasteiger partial charge in [0.05, 0.1) is 11.1 Å². The highest BCUT2D eigenvalue weighted by atomic mass is 16.2. The van der Waals surface area contributed by atoms with Crippen LogP contribution in [0.1, 0.15) is 40.0 Å². The van der Waals surface area contributed by atoms with Crippen molar-refractivity contribution in [1.82, 2.24) is 4.90 Å². The van der Waals surface area contributed by atoms with E-state index in [4.69, 9.17) is 0 Å². The van der Waals surface area contributed by atoms with Gasteiger partial charge in [0.1, 0.15) is 5.78 Å². The van der Waals surface area contributed by atoms with Crippen LogP contribution in [0.4, 0.5) is 0 Å². The Morgan fingerprint density at radius 3 is 2.06 bits per heavy atom. The van der Waals surface area contributed by atoms with Gasteiger partial charge in [0, 0.05) is 18.9 Å². The van der Waals surface area contributed by atoms with E-state index in [2.05, 4.69) is 0 Å². The maximum atomic E-state index is 12.1. The lowest BCUT2D eigenvalue weighted by Gasteiger charge is -2.20. The minimum absolute atomic E-state index is 0.131. The summed E-state index contributed by atoms with van der Waals surface area (Å²) in [6.07, 6.45) is 1.38. The standard InChI is InChI=1S/C13H11NO3/c15-9-6-5-8(7-9)14-12(16)10-3-1-2-4-11(10)13(14)17/h1-4,8H,5-7H2/t8-/m1/s1. The van der Waals surface area contributed by atoms with Crippen LogP contribution in [0.2, 0.25) is 0 Å². The molecule has 1 aromatic carbocycles. The molecule has 1 aliphatic carbocycles. The van der Waals surface area contributed by atoms with Crippen molar-refractivity contribution in [2.75, 3.05) is 0 Å². The highest BCUT2D eigenvalue weighted by molar-refractivity contribution is 6.21. The first-order chi connectivity index (χ1) is 8.18. The Labute approximate surface area is 98.2 Å². The molecule has 4 nitrogen and oxygen atoms in total. The third kappa shape index (κ3) is 1.40. The number of carbonyl (C=O) groups excluding carboxylic acids is 3. The molecule has 1 aliphatic heterocycles. The summed E-state index contributed by atoms with van der Waals surface area (Å²) in [5.41, 5.74) is 0.911.